The molecule has 0 saturated carbocycles. The van der Waals surface area contributed by atoms with Crippen LogP contribution in [0.25, 0.3) is 11.3 Å². The van der Waals surface area contributed by atoms with Gasteiger partial charge in [0.2, 0.25) is 0 Å². The van der Waals surface area contributed by atoms with Crippen LogP contribution in [0.5, 0.6) is 5.75 Å². The van der Waals surface area contributed by atoms with Crippen molar-refractivity contribution in [2.75, 3.05) is 5.32 Å². The molecular weight excluding hydrogens is 346 g/mol. The molecule has 2 aromatic carbocycles. The molecule has 0 spiro atoms. The molecule has 4 nitrogen and oxygen atoms in total. The van der Waals surface area contributed by atoms with Crippen LogP contribution in [0.1, 0.15) is 6.92 Å². The van der Waals surface area contributed by atoms with Crippen LogP contribution in [0.4, 0.5) is 13.9 Å². The Bertz CT molecular complexity index is 881. The molecule has 1 heterocycles. The number of amides is 1. The fraction of sp³-hybridized carbons (Fsp3) is 0.111. The van der Waals surface area contributed by atoms with Crippen molar-refractivity contribution < 1.29 is 18.3 Å². The smallest absolute Gasteiger partial charge is 0.266 e. The lowest BCUT2D eigenvalue weighted by molar-refractivity contribution is -0.122. The zero-order valence-electron chi connectivity index (χ0n) is 13.2. The maximum Gasteiger partial charge on any atom is 0.266 e. The summed E-state index contributed by atoms with van der Waals surface area (Å²) in [6, 6.07) is 11.8. The van der Waals surface area contributed by atoms with Gasteiger partial charge in [0, 0.05) is 10.9 Å². The maximum absolute atomic E-state index is 13.6. The van der Waals surface area contributed by atoms with Crippen molar-refractivity contribution in [1.29, 1.82) is 0 Å². The first-order valence-corrected chi connectivity index (χ1v) is 8.34. The molecule has 0 unspecified atom stereocenters. The summed E-state index contributed by atoms with van der Waals surface area (Å²) >= 11 is 1.24. The van der Waals surface area contributed by atoms with E-state index in [1.165, 1.54) is 42.5 Å². The van der Waals surface area contributed by atoms with Gasteiger partial charge in [-0.05, 0) is 43.3 Å². The van der Waals surface area contributed by atoms with Crippen molar-refractivity contribution >= 4 is 22.4 Å². The Morgan fingerprint density at radius 3 is 2.60 bits per heavy atom. The average molecular weight is 360 g/mol. The van der Waals surface area contributed by atoms with E-state index in [-0.39, 0.29) is 11.6 Å². The van der Waals surface area contributed by atoms with Crippen LogP contribution in [0.3, 0.4) is 0 Å². The highest BCUT2D eigenvalue weighted by molar-refractivity contribution is 7.14. The normalized spacial score (nSPS) is 11.8. The topological polar surface area (TPSA) is 51.2 Å². The molecule has 0 bridgehead atoms. The highest BCUT2D eigenvalue weighted by Gasteiger charge is 2.18. The summed E-state index contributed by atoms with van der Waals surface area (Å²) in [4.78, 5) is 16.5. The Hall–Kier alpha value is -2.80. The largest absolute Gasteiger partial charge is 0.478 e. The summed E-state index contributed by atoms with van der Waals surface area (Å²) in [6.45, 7) is 1.52. The number of carbonyl (C=O) groups is 1. The number of hydrogen-bond acceptors (Lipinski definition) is 4. The lowest BCUT2D eigenvalue weighted by Gasteiger charge is -2.14. The number of benzene rings is 2. The van der Waals surface area contributed by atoms with Crippen LogP contribution in [-0.4, -0.2) is 17.0 Å². The number of halogens is 2. The van der Waals surface area contributed by atoms with Gasteiger partial charge in [-0.25, -0.2) is 13.8 Å². The van der Waals surface area contributed by atoms with Gasteiger partial charge in [-0.15, -0.1) is 11.3 Å². The minimum Gasteiger partial charge on any atom is -0.478 e. The van der Waals surface area contributed by atoms with Gasteiger partial charge < -0.3 is 4.74 Å². The summed E-state index contributed by atoms with van der Waals surface area (Å²) in [5.74, 6) is -1.29. The third kappa shape index (κ3) is 4.19. The number of para-hydroxylation sites is 1. The molecule has 25 heavy (non-hydrogen) atoms. The number of anilines is 1. The summed E-state index contributed by atoms with van der Waals surface area (Å²) in [7, 11) is 0. The van der Waals surface area contributed by atoms with E-state index in [0.29, 0.717) is 10.8 Å². The third-order valence-electron chi connectivity index (χ3n) is 3.38. The SMILES string of the molecule is C[C@H](Oc1ccccc1F)C(=O)Nc1nc(-c2ccc(F)cc2)cs1. The minimum absolute atomic E-state index is 0.0105. The van der Waals surface area contributed by atoms with Gasteiger partial charge >= 0.3 is 0 Å². The van der Waals surface area contributed by atoms with E-state index in [4.69, 9.17) is 4.74 Å². The minimum atomic E-state index is -0.893. The second-order valence-corrected chi connectivity index (χ2v) is 6.08. The molecule has 3 rings (SSSR count). The van der Waals surface area contributed by atoms with Gasteiger partial charge in [-0.3, -0.25) is 10.1 Å². The Labute approximate surface area is 147 Å². The Kier molecular flexibility index (Phi) is 5.04. The number of thiazole rings is 1. The van der Waals surface area contributed by atoms with E-state index in [1.54, 1.807) is 29.6 Å². The number of carbonyl (C=O) groups excluding carboxylic acids is 1. The zero-order valence-corrected chi connectivity index (χ0v) is 14.0. The predicted octanol–water partition coefficient (Wildman–Crippen LogP) is 4.49. The van der Waals surface area contributed by atoms with E-state index in [2.05, 4.69) is 10.3 Å². The molecule has 3 aromatic rings. The molecule has 0 radical (unpaired) electrons. The third-order valence-corrected chi connectivity index (χ3v) is 4.14. The molecule has 1 N–H and O–H groups in total. The first-order valence-electron chi connectivity index (χ1n) is 7.46. The molecule has 0 saturated heterocycles. The molecule has 1 atom stereocenters. The predicted molar refractivity (Wildman–Crippen MR) is 92.6 cm³/mol. The fourth-order valence-corrected chi connectivity index (χ4v) is 2.80. The molecule has 128 valence electrons. The quantitative estimate of drug-likeness (QED) is 0.729. The maximum atomic E-state index is 13.6. The van der Waals surface area contributed by atoms with Crippen LogP contribution < -0.4 is 10.1 Å². The molecule has 1 aromatic heterocycles. The summed E-state index contributed by atoms with van der Waals surface area (Å²) in [6.07, 6.45) is -0.893. The summed E-state index contributed by atoms with van der Waals surface area (Å²) in [5, 5.41) is 4.77. The zero-order chi connectivity index (χ0) is 17.8. The number of ether oxygens (including phenoxy) is 1. The Morgan fingerprint density at radius 1 is 1.16 bits per heavy atom. The molecule has 0 aliphatic heterocycles. The average Bonchev–Trinajstić information content (AvgIpc) is 3.06. The number of nitrogens with one attached hydrogen (secondary N) is 1. The number of hydrogen-bond donors (Lipinski definition) is 1. The second kappa shape index (κ2) is 7.40. The van der Waals surface area contributed by atoms with Gasteiger partial charge in [0.25, 0.3) is 5.91 Å². The first kappa shape index (κ1) is 17.0. The van der Waals surface area contributed by atoms with Crippen molar-refractivity contribution in [2.24, 2.45) is 0 Å². The van der Waals surface area contributed by atoms with Crippen LogP contribution in [-0.2, 0) is 4.79 Å². The number of rotatable bonds is 5. The van der Waals surface area contributed by atoms with Crippen molar-refractivity contribution in [3.05, 3.63) is 65.5 Å². The van der Waals surface area contributed by atoms with E-state index < -0.39 is 17.8 Å². The Morgan fingerprint density at radius 2 is 1.88 bits per heavy atom. The van der Waals surface area contributed by atoms with Crippen molar-refractivity contribution in [1.82, 2.24) is 4.98 Å². The van der Waals surface area contributed by atoms with Crippen molar-refractivity contribution in [3.63, 3.8) is 0 Å². The fourth-order valence-electron chi connectivity index (χ4n) is 2.08. The summed E-state index contributed by atoms with van der Waals surface area (Å²) < 4.78 is 31.9. The highest BCUT2D eigenvalue weighted by atomic mass is 32.1. The molecule has 0 fully saturated rings. The second-order valence-electron chi connectivity index (χ2n) is 5.22. The van der Waals surface area contributed by atoms with Gasteiger partial charge in [-0.2, -0.15) is 0 Å². The van der Waals surface area contributed by atoms with Crippen LogP contribution in [0.2, 0.25) is 0 Å². The van der Waals surface area contributed by atoms with Gasteiger partial charge in [0.1, 0.15) is 5.82 Å². The van der Waals surface area contributed by atoms with E-state index in [1.807, 2.05) is 0 Å². The van der Waals surface area contributed by atoms with Crippen LogP contribution in [0.15, 0.2) is 53.9 Å². The van der Waals surface area contributed by atoms with E-state index in [0.717, 1.165) is 5.56 Å². The standard InChI is InChI=1S/C18H14F2N2O2S/c1-11(24-16-5-3-2-4-14(16)20)17(23)22-18-21-15(10-25-18)12-6-8-13(19)9-7-12/h2-11H,1H3,(H,21,22,23)/t11-/m0/s1. The molecule has 7 heteroatoms. The molecule has 0 aliphatic carbocycles. The van der Waals surface area contributed by atoms with Crippen molar-refractivity contribution in [3.8, 4) is 17.0 Å². The highest BCUT2D eigenvalue weighted by Crippen LogP contribution is 2.25. The lowest BCUT2D eigenvalue weighted by Crippen LogP contribution is -2.30. The Balaban J connectivity index is 1.65. The monoisotopic (exact) mass is 360 g/mol. The van der Waals surface area contributed by atoms with Gasteiger partial charge in [0.05, 0.1) is 5.69 Å². The lowest BCUT2D eigenvalue weighted by atomic mass is 10.2. The van der Waals surface area contributed by atoms with Gasteiger partial charge in [-0.1, -0.05) is 12.1 Å². The van der Waals surface area contributed by atoms with Gasteiger partial charge in [0.15, 0.2) is 22.8 Å². The summed E-state index contributed by atoms with van der Waals surface area (Å²) in [5.41, 5.74) is 1.37. The van der Waals surface area contributed by atoms with Crippen LogP contribution in [0, 0.1) is 11.6 Å². The molecule has 0 aliphatic rings. The first-order chi connectivity index (χ1) is 12.0. The van der Waals surface area contributed by atoms with E-state index in [9.17, 15) is 13.6 Å². The van der Waals surface area contributed by atoms with Crippen LogP contribution >= 0.6 is 11.3 Å². The number of nitrogens with zero attached hydrogens (tertiary/aromatic N) is 1. The molecular formula is C18H14F2N2O2S. The number of aromatic nitrogens is 1. The van der Waals surface area contributed by atoms with E-state index >= 15 is 0 Å². The van der Waals surface area contributed by atoms with Crippen molar-refractivity contribution in [2.45, 2.75) is 13.0 Å². The molecule has 1 amide bonds.